The Balaban J connectivity index is 2.26. The third-order valence-electron chi connectivity index (χ3n) is 2.81. The molecule has 2 N–H and O–H groups in total. The molecule has 1 aromatic heterocycles. The summed E-state index contributed by atoms with van der Waals surface area (Å²) in [6.45, 7) is 0.607. The van der Waals surface area contributed by atoms with E-state index in [9.17, 15) is 0 Å². The number of fused-ring (bicyclic) bond motifs is 1. The van der Waals surface area contributed by atoms with Crippen LogP contribution in [0.15, 0.2) is 23.2 Å². The van der Waals surface area contributed by atoms with Crippen LogP contribution in [0.4, 0.5) is 0 Å². The zero-order valence-electron chi connectivity index (χ0n) is 10.7. The van der Waals surface area contributed by atoms with Gasteiger partial charge in [-0.3, -0.25) is 4.99 Å². The van der Waals surface area contributed by atoms with Gasteiger partial charge in [-0.2, -0.15) is 0 Å². The van der Waals surface area contributed by atoms with Crippen molar-refractivity contribution in [2.75, 3.05) is 14.1 Å². The lowest BCUT2D eigenvalue weighted by molar-refractivity contribution is 0.751. The van der Waals surface area contributed by atoms with Crippen LogP contribution >= 0.6 is 11.6 Å². The molecule has 0 saturated heterocycles. The van der Waals surface area contributed by atoms with E-state index in [4.69, 9.17) is 11.6 Å². The van der Waals surface area contributed by atoms with E-state index in [0.29, 0.717) is 11.6 Å². The molecule has 0 bridgehead atoms. The summed E-state index contributed by atoms with van der Waals surface area (Å²) in [5.74, 6) is 1.67. The third kappa shape index (κ3) is 2.41. The molecule has 0 aliphatic carbocycles. The standard InChI is InChI=1S/C12H16ClN5/c1-14-12(15-2)16-7-11-17-9-6-8(13)4-5-10(9)18(11)3/h4-6H,7H2,1-3H3,(H2,14,15,16). The quantitative estimate of drug-likeness (QED) is 0.640. The maximum Gasteiger partial charge on any atom is 0.191 e. The Kier molecular flexibility index (Phi) is 3.72. The van der Waals surface area contributed by atoms with Gasteiger partial charge >= 0.3 is 0 Å². The van der Waals surface area contributed by atoms with Crippen LogP contribution in [0.3, 0.4) is 0 Å². The van der Waals surface area contributed by atoms with Crippen LogP contribution in [0.25, 0.3) is 11.0 Å². The predicted octanol–water partition coefficient (Wildman–Crippen LogP) is 1.52. The fourth-order valence-electron chi connectivity index (χ4n) is 1.82. The molecule has 0 aliphatic rings. The van der Waals surface area contributed by atoms with Gasteiger partial charge in [0.25, 0.3) is 0 Å². The SMILES string of the molecule is CN=C(NC)NCc1nc2cc(Cl)ccc2n1C. The number of imidazole rings is 1. The first kappa shape index (κ1) is 12.7. The number of guanidine groups is 1. The molecule has 1 heterocycles. The topological polar surface area (TPSA) is 54.2 Å². The monoisotopic (exact) mass is 265 g/mol. The number of rotatable bonds is 2. The summed E-state index contributed by atoms with van der Waals surface area (Å²) >= 11 is 5.96. The second-order valence-electron chi connectivity index (χ2n) is 3.90. The molecule has 0 spiro atoms. The lowest BCUT2D eigenvalue weighted by Crippen LogP contribution is -2.34. The van der Waals surface area contributed by atoms with Crippen LogP contribution < -0.4 is 10.6 Å². The molecule has 0 atom stereocenters. The van der Waals surface area contributed by atoms with Crippen LogP contribution in [0.1, 0.15) is 5.82 Å². The van der Waals surface area contributed by atoms with Crippen molar-refractivity contribution < 1.29 is 0 Å². The number of nitrogens with zero attached hydrogens (tertiary/aromatic N) is 3. The first-order valence-electron chi connectivity index (χ1n) is 5.65. The van der Waals surface area contributed by atoms with Gasteiger partial charge in [0.1, 0.15) is 5.82 Å². The summed E-state index contributed by atoms with van der Waals surface area (Å²) in [6.07, 6.45) is 0. The predicted molar refractivity (Wildman–Crippen MR) is 75.0 cm³/mol. The van der Waals surface area contributed by atoms with Crippen molar-refractivity contribution in [1.82, 2.24) is 20.2 Å². The molecule has 0 radical (unpaired) electrons. The Labute approximate surface area is 111 Å². The minimum Gasteiger partial charge on any atom is -0.359 e. The highest BCUT2D eigenvalue weighted by Gasteiger charge is 2.08. The van der Waals surface area contributed by atoms with Gasteiger partial charge in [0, 0.05) is 26.2 Å². The first-order chi connectivity index (χ1) is 8.65. The van der Waals surface area contributed by atoms with Crippen LogP contribution in [0, 0.1) is 0 Å². The van der Waals surface area contributed by atoms with E-state index in [1.165, 1.54) is 0 Å². The second-order valence-corrected chi connectivity index (χ2v) is 4.33. The second kappa shape index (κ2) is 5.27. The molecule has 6 heteroatoms. The van der Waals surface area contributed by atoms with E-state index in [-0.39, 0.29) is 0 Å². The molecule has 18 heavy (non-hydrogen) atoms. The summed E-state index contributed by atoms with van der Waals surface area (Å²) in [6, 6.07) is 5.71. The van der Waals surface area contributed by atoms with Crippen molar-refractivity contribution in [3.63, 3.8) is 0 Å². The Hall–Kier alpha value is -1.75. The normalized spacial score (nSPS) is 11.9. The van der Waals surface area contributed by atoms with Gasteiger partial charge in [0.05, 0.1) is 17.6 Å². The number of halogens is 1. The van der Waals surface area contributed by atoms with Gasteiger partial charge in [-0.1, -0.05) is 11.6 Å². The fraction of sp³-hybridized carbons (Fsp3) is 0.333. The van der Waals surface area contributed by atoms with Gasteiger partial charge < -0.3 is 15.2 Å². The van der Waals surface area contributed by atoms with Gasteiger partial charge in [-0.15, -0.1) is 0 Å². The maximum absolute atomic E-state index is 5.96. The van der Waals surface area contributed by atoms with Crippen molar-refractivity contribution >= 4 is 28.6 Å². The number of aliphatic imine (C=N–C) groups is 1. The van der Waals surface area contributed by atoms with Gasteiger partial charge in [-0.25, -0.2) is 4.98 Å². The minimum absolute atomic E-state index is 0.607. The number of nitrogens with one attached hydrogen (secondary N) is 2. The van der Waals surface area contributed by atoms with E-state index in [2.05, 4.69) is 20.6 Å². The molecular weight excluding hydrogens is 250 g/mol. The molecular formula is C12H16ClN5. The first-order valence-corrected chi connectivity index (χ1v) is 6.02. The summed E-state index contributed by atoms with van der Waals surface area (Å²) in [5, 5.41) is 6.84. The number of hydrogen-bond donors (Lipinski definition) is 2. The average Bonchev–Trinajstić information content (AvgIpc) is 2.67. The van der Waals surface area contributed by atoms with Crippen molar-refractivity contribution in [3.8, 4) is 0 Å². The largest absolute Gasteiger partial charge is 0.359 e. The lowest BCUT2D eigenvalue weighted by Gasteiger charge is -2.08. The lowest BCUT2D eigenvalue weighted by atomic mass is 10.3. The maximum atomic E-state index is 5.96. The number of aryl methyl sites for hydroxylation is 1. The van der Waals surface area contributed by atoms with E-state index in [1.54, 1.807) is 7.05 Å². The van der Waals surface area contributed by atoms with E-state index in [0.717, 1.165) is 22.8 Å². The van der Waals surface area contributed by atoms with Gasteiger partial charge in [0.2, 0.25) is 0 Å². The van der Waals surface area contributed by atoms with Crippen LogP contribution in [0.5, 0.6) is 0 Å². The Morgan fingerprint density at radius 1 is 1.50 bits per heavy atom. The zero-order chi connectivity index (χ0) is 13.1. The average molecular weight is 266 g/mol. The summed E-state index contributed by atoms with van der Waals surface area (Å²) < 4.78 is 2.04. The van der Waals surface area contributed by atoms with E-state index < -0.39 is 0 Å². The number of aromatic nitrogens is 2. The highest BCUT2D eigenvalue weighted by molar-refractivity contribution is 6.31. The minimum atomic E-state index is 0.607. The summed E-state index contributed by atoms with van der Waals surface area (Å²) in [7, 11) is 5.54. The van der Waals surface area contributed by atoms with Crippen molar-refractivity contribution in [1.29, 1.82) is 0 Å². The molecule has 0 unspecified atom stereocenters. The van der Waals surface area contributed by atoms with Gasteiger partial charge in [-0.05, 0) is 18.2 Å². The van der Waals surface area contributed by atoms with E-state index in [1.807, 2.05) is 36.9 Å². The fourth-order valence-corrected chi connectivity index (χ4v) is 1.99. The smallest absolute Gasteiger partial charge is 0.191 e. The third-order valence-corrected chi connectivity index (χ3v) is 3.04. The highest BCUT2D eigenvalue weighted by Crippen LogP contribution is 2.19. The molecule has 2 aromatic rings. The number of hydrogen-bond acceptors (Lipinski definition) is 2. The Morgan fingerprint density at radius 2 is 2.28 bits per heavy atom. The molecule has 5 nitrogen and oxygen atoms in total. The molecule has 96 valence electrons. The van der Waals surface area contributed by atoms with E-state index >= 15 is 0 Å². The van der Waals surface area contributed by atoms with Crippen LogP contribution in [0.2, 0.25) is 5.02 Å². The van der Waals surface area contributed by atoms with Crippen molar-refractivity contribution in [2.24, 2.45) is 12.0 Å². The number of benzene rings is 1. The molecule has 0 saturated carbocycles. The molecule has 2 rings (SSSR count). The summed E-state index contributed by atoms with van der Waals surface area (Å²) in [5.41, 5.74) is 1.97. The van der Waals surface area contributed by atoms with Crippen LogP contribution in [-0.4, -0.2) is 29.6 Å². The molecule has 0 amide bonds. The van der Waals surface area contributed by atoms with Crippen LogP contribution in [-0.2, 0) is 13.6 Å². The Morgan fingerprint density at radius 3 is 2.94 bits per heavy atom. The van der Waals surface area contributed by atoms with Crippen molar-refractivity contribution in [3.05, 3.63) is 29.0 Å². The molecule has 0 aliphatic heterocycles. The highest BCUT2D eigenvalue weighted by atomic mass is 35.5. The van der Waals surface area contributed by atoms with Gasteiger partial charge in [0.15, 0.2) is 5.96 Å². The zero-order valence-corrected chi connectivity index (χ0v) is 11.4. The molecule has 0 fully saturated rings. The Bertz CT molecular complexity index is 587. The summed E-state index contributed by atoms with van der Waals surface area (Å²) in [4.78, 5) is 8.60. The van der Waals surface area contributed by atoms with Crippen molar-refractivity contribution in [2.45, 2.75) is 6.54 Å². The molecule has 1 aromatic carbocycles.